The smallest absolute Gasteiger partial charge is 0.163 e. The second-order valence-electron chi connectivity index (χ2n) is 5.77. The van der Waals surface area contributed by atoms with Crippen molar-refractivity contribution in [2.24, 2.45) is 0 Å². The highest BCUT2D eigenvalue weighted by Gasteiger charge is 2.12. The summed E-state index contributed by atoms with van der Waals surface area (Å²) in [5.41, 5.74) is 1.64. The number of fused-ring (bicyclic) bond motifs is 1. The number of nitrogens with zero attached hydrogens (tertiary/aromatic N) is 3. The molecule has 1 aromatic heterocycles. The summed E-state index contributed by atoms with van der Waals surface area (Å²) < 4.78 is 0. The van der Waals surface area contributed by atoms with Gasteiger partial charge in [0.05, 0.1) is 10.5 Å². The average Bonchev–Trinajstić information content (AvgIpc) is 2.54. The van der Waals surface area contributed by atoms with Gasteiger partial charge >= 0.3 is 0 Å². The maximum Gasteiger partial charge on any atom is 0.163 e. The molecule has 0 aliphatic heterocycles. The van der Waals surface area contributed by atoms with Crippen LogP contribution in [0.15, 0.2) is 42.5 Å². The first-order valence-corrected chi connectivity index (χ1v) is 8.41. The van der Waals surface area contributed by atoms with Crippen molar-refractivity contribution in [2.75, 3.05) is 32.5 Å². The highest BCUT2D eigenvalue weighted by Crippen LogP contribution is 2.31. The molecule has 0 amide bonds. The molecule has 0 saturated carbocycles. The Morgan fingerprint density at radius 2 is 1.80 bits per heavy atom. The Morgan fingerprint density at radius 3 is 2.52 bits per heavy atom. The van der Waals surface area contributed by atoms with E-state index in [1.54, 1.807) is 12.1 Å². The Labute approximate surface area is 163 Å². The summed E-state index contributed by atoms with van der Waals surface area (Å²) in [4.78, 5) is 11.5. The Bertz CT molecular complexity index is 868. The normalized spacial score (nSPS) is 10.8. The maximum absolute atomic E-state index is 6.32. The molecule has 3 aromatic rings. The van der Waals surface area contributed by atoms with Gasteiger partial charge in [-0.25, -0.2) is 9.97 Å². The molecular weight excluding hydrogens is 379 g/mol. The number of benzene rings is 2. The predicted molar refractivity (Wildman–Crippen MR) is 109 cm³/mol. The summed E-state index contributed by atoms with van der Waals surface area (Å²) in [5, 5.41) is 5.52. The summed E-state index contributed by atoms with van der Waals surface area (Å²) in [6, 6.07) is 13.3. The number of likely N-dealkylation sites (N-methyl/N-ethyl adjacent to an activating group) is 1. The average molecular weight is 398 g/mol. The van der Waals surface area contributed by atoms with Crippen LogP contribution in [-0.4, -0.2) is 42.1 Å². The minimum absolute atomic E-state index is 0. The predicted octanol–water partition coefficient (Wildman–Crippen LogP) is 5.00. The number of hydrogen-bond acceptors (Lipinski definition) is 4. The highest BCUT2D eigenvalue weighted by molar-refractivity contribution is 6.36. The minimum atomic E-state index is 0. The lowest BCUT2D eigenvalue weighted by atomic mass is 10.2. The Morgan fingerprint density at radius 1 is 1.04 bits per heavy atom. The zero-order valence-electron chi connectivity index (χ0n) is 14.0. The molecule has 0 radical (unpaired) electrons. The molecule has 4 nitrogen and oxygen atoms in total. The molecule has 0 aliphatic rings. The third-order valence-corrected chi connectivity index (χ3v) is 4.17. The number of para-hydroxylation sites is 1. The van der Waals surface area contributed by atoms with Crippen molar-refractivity contribution in [2.45, 2.75) is 0 Å². The molecule has 7 heteroatoms. The van der Waals surface area contributed by atoms with Gasteiger partial charge in [0.1, 0.15) is 5.82 Å². The molecular formula is C18H19Cl3N4. The SMILES string of the molecule is CN(C)CCNc1nc(-c2ccc(Cl)cc2Cl)nc2ccccc12.Cl. The van der Waals surface area contributed by atoms with E-state index in [9.17, 15) is 0 Å². The van der Waals surface area contributed by atoms with Crippen LogP contribution in [-0.2, 0) is 0 Å². The van der Waals surface area contributed by atoms with Gasteiger partial charge in [0.15, 0.2) is 5.82 Å². The molecule has 0 atom stereocenters. The third kappa shape index (κ3) is 4.73. The number of hydrogen-bond donors (Lipinski definition) is 1. The fourth-order valence-corrected chi connectivity index (χ4v) is 2.89. The van der Waals surface area contributed by atoms with Gasteiger partial charge in [-0.1, -0.05) is 35.3 Å². The third-order valence-electron chi connectivity index (χ3n) is 3.63. The van der Waals surface area contributed by atoms with Crippen molar-refractivity contribution in [3.05, 3.63) is 52.5 Å². The van der Waals surface area contributed by atoms with Crippen molar-refractivity contribution in [3.8, 4) is 11.4 Å². The summed E-state index contributed by atoms with van der Waals surface area (Å²) in [7, 11) is 4.08. The van der Waals surface area contributed by atoms with E-state index in [4.69, 9.17) is 28.2 Å². The standard InChI is InChI=1S/C18H18Cl2N4.ClH/c1-24(2)10-9-21-17-14-5-3-4-6-16(14)22-18(23-17)13-8-7-12(19)11-15(13)20;/h3-8,11H,9-10H2,1-2H3,(H,21,22,23);1H. The summed E-state index contributed by atoms with van der Waals surface area (Å²) in [6.07, 6.45) is 0. The van der Waals surface area contributed by atoms with E-state index in [0.717, 1.165) is 35.4 Å². The van der Waals surface area contributed by atoms with E-state index < -0.39 is 0 Å². The molecule has 3 rings (SSSR count). The van der Waals surface area contributed by atoms with Gasteiger partial charge in [-0.3, -0.25) is 0 Å². The second-order valence-corrected chi connectivity index (χ2v) is 6.61. The molecule has 1 heterocycles. The zero-order valence-corrected chi connectivity index (χ0v) is 16.3. The molecule has 0 saturated heterocycles. The van der Waals surface area contributed by atoms with E-state index in [1.807, 2.05) is 44.4 Å². The van der Waals surface area contributed by atoms with Crippen LogP contribution in [0, 0.1) is 0 Å². The van der Waals surface area contributed by atoms with E-state index in [-0.39, 0.29) is 12.4 Å². The first kappa shape index (κ1) is 19.7. The van der Waals surface area contributed by atoms with E-state index in [2.05, 4.69) is 15.2 Å². The van der Waals surface area contributed by atoms with Crippen LogP contribution in [0.2, 0.25) is 10.0 Å². The fourth-order valence-electron chi connectivity index (χ4n) is 2.40. The van der Waals surface area contributed by atoms with Crippen molar-refractivity contribution in [1.29, 1.82) is 0 Å². The lowest BCUT2D eigenvalue weighted by Gasteiger charge is -2.14. The van der Waals surface area contributed by atoms with Gasteiger partial charge in [0.25, 0.3) is 0 Å². The Balaban J connectivity index is 0.00000225. The molecule has 132 valence electrons. The lowest BCUT2D eigenvalue weighted by molar-refractivity contribution is 0.425. The van der Waals surface area contributed by atoms with Crippen LogP contribution in [0.4, 0.5) is 5.82 Å². The summed E-state index contributed by atoms with van der Waals surface area (Å²) in [5.74, 6) is 1.39. The molecule has 25 heavy (non-hydrogen) atoms. The lowest BCUT2D eigenvalue weighted by Crippen LogP contribution is -2.21. The van der Waals surface area contributed by atoms with Crippen LogP contribution in [0.25, 0.3) is 22.3 Å². The fraction of sp³-hybridized carbons (Fsp3) is 0.222. The van der Waals surface area contributed by atoms with Crippen molar-refractivity contribution < 1.29 is 0 Å². The van der Waals surface area contributed by atoms with Crippen LogP contribution in [0.1, 0.15) is 0 Å². The minimum Gasteiger partial charge on any atom is -0.368 e. The van der Waals surface area contributed by atoms with Crippen molar-refractivity contribution >= 4 is 52.3 Å². The molecule has 0 unspecified atom stereocenters. The second kappa shape index (κ2) is 8.68. The molecule has 0 spiro atoms. The summed E-state index contributed by atoms with van der Waals surface area (Å²) in [6.45, 7) is 1.71. The molecule has 0 bridgehead atoms. The van der Waals surface area contributed by atoms with Crippen LogP contribution in [0.5, 0.6) is 0 Å². The Hall–Kier alpha value is -1.59. The van der Waals surface area contributed by atoms with Gasteiger partial charge < -0.3 is 10.2 Å². The molecule has 0 aliphatic carbocycles. The molecule has 1 N–H and O–H groups in total. The van der Waals surface area contributed by atoms with Crippen LogP contribution < -0.4 is 5.32 Å². The largest absolute Gasteiger partial charge is 0.368 e. The maximum atomic E-state index is 6.32. The Kier molecular flexibility index (Phi) is 6.85. The number of rotatable bonds is 5. The topological polar surface area (TPSA) is 41.0 Å². The van der Waals surface area contributed by atoms with Crippen molar-refractivity contribution in [1.82, 2.24) is 14.9 Å². The van der Waals surface area contributed by atoms with E-state index >= 15 is 0 Å². The number of halogens is 3. The quantitative estimate of drug-likeness (QED) is 0.658. The summed E-state index contributed by atoms with van der Waals surface area (Å²) >= 11 is 12.3. The number of nitrogens with one attached hydrogen (secondary N) is 1. The van der Waals surface area contributed by atoms with Gasteiger partial charge in [0, 0.05) is 29.1 Å². The first-order chi connectivity index (χ1) is 11.5. The van der Waals surface area contributed by atoms with Crippen molar-refractivity contribution in [3.63, 3.8) is 0 Å². The first-order valence-electron chi connectivity index (χ1n) is 7.65. The van der Waals surface area contributed by atoms with Gasteiger partial charge in [-0.2, -0.15) is 0 Å². The zero-order chi connectivity index (χ0) is 17.1. The number of anilines is 1. The monoisotopic (exact) mass is 396 g/mol. The van der Waals surface area contributed by atoms with Gasteiger partial charge in [-0.05, 0) is 44.4 Å². The van der Waals surface area contributed by atoms with E-state index in [0.29, 0.717) is 15.9 Å². The highest BCUT2D eigenvalue weighted by atomic mass is 35.5. The van der Waals surface area contributed by atoms with Crippen LogP contribution in [0.3, 0.4) is 0 Å². The number of aromatic nitrogens is 2. The van der Waals surface area contributed by atoms with Gasteiger partial charge in [-0.15, -0.1) is 12.4 Å². The molecule has 2 aromatic carbocycles. The molecule has 0 fully saturated rings. The van der Waals surface area contributed by atoms with Crippen LogP contribution >= 0.6 is 35.6 Å². The van der Waals surface area contributed by atoms with E-state index in [1.165, 1.54) is 0 Å². The van der Waals surface area contributed by atoms with Gasteiger partial charge in [0.2, 0.25) is 0 Å².